The maximum Gasteiger partial charge on any atom is 0.236 e. The van der Waals surface area contributed by atoms with Gasteiger partial charge in [-0.3, -0.25) is 4.79 Å². The van der Waals surface area contributed by atoms with E-state index in [0.717, 1.165) is 51.4 Å². The number of carbonyl (C=O) groups excluding carboxylic acids is 1. The minimum atomic E-state index is 0.237. The molecule has 2 fully saturated rings. The Morgan fingerprint density at radius 1 is 1.39 bits per heavy atom. The van der Waals surface area contributed by atoms with Gasteiger partial charge >= 0.3 is 0 Å². The molecule has 104 valence electrons. The van der Waals surface area contributed by atoms with Crippen LogP contribution in [0.25, 0.3) is 0 Å². The van der Waals surface area contributed by atoms with Gasteiger partial charge in [-0.2, -0.15) is 0 Å². The number of hydrogen-bond donors (Lipinski definition) is 1. The van der Waals surface area contributed by atoms with Crippen molar-refractivity contribution in [3.63, 3.8) is 0 Å². The summed E-state index contributed by atoms with van der Waals surface area (Å²) < 4.78 is 5.75. The standard InChI is InChI=1S/C14H26N2O2/c1-2-8-18-13-4-3-7-16(11-13)14(17)10-15-9-12-5-6-12/h12-13,15H,2-11H2,1H3. The molecule has 1 saturated heterocycles. The molecule has 18 heavy (non-hydrogen) atoms. The Hall–Kier alpha value is -0.610. The maximum atomic E-state index is 12.0. The molecule has 2 rings (SSSR count). The predicted molar refractivity (Wildman–Crippen MR) is 71.4 cm³/mol. The van der Waals surface area contributed by atoms with Gasteiger partial charge in [-0.15, -0.1) is 0 Å². The monoisotopic (exact) mass is 254 g/mol. The molecule has 4 nitrogen and oxygen atoms in total. The Labute approximate surface area is 110 Å². The Morgan fingerprint density at radius 3 is 2.94 bits per heavy atom. The molecular formula is C14H26N2O2. The highest BCUT2D eigenvalue weighted by atomic mass is 16.5. The van der Waals surface area contributed by atoms with Crippen LogP contribution in [0.5, 0.6) is 0 Å². The quantitative estimate of drug-likeness (QED) is 0.747. The molecule has 1 unspecified atom stereocenters. The number of nitrogens with one attached hydrogen (secondary N) is 1. The van der Waals surface area contributed by atoms with Crippen LogP contribution in [-0.2, 0) is 9.53 Å². The molecule has 0 aromatic carbocycles. The third kappa shape index (κ3) is 4.58. The van der Waals surface area contributed by atoms with Crippen LogP contribution in [0.15, 0.2) is 0 Å². The van der Waals surface area contributed by atoms with Crippen molar-refractivity contribution in [3.8, 4) is 0 Å². The predicted octanol–water partition coefficient (Wildman–Crippen LogP) is 1.40. The van der Waals surface area contributed by atoms with Crippen molar-refractivity contribution in [2.45, 2.75) is 45.1 Å². The molecule has 0 bridgehead atoms. The summed E-state index contributed by atoms with van der Waals surface area (Å²) in [6.07, 6.45) is 6.14. The second-order valence-corrected chi connectivity index (χ2v) is 5.55. The van der Waals surface area contributed by atoms with E-state index in [4.69, 9.17) is 4.74 Å². The zero-order valence-electron chi connectivity index (χ0n) is 11.5. The first kappa shape index (κ1) is 13.8. The third-order valence-corrected chi connectivity index (χ3v) is 3.69. The lowest BCUT2D eigenvalue weighted by atomic mass is 10.1. The zero-order valence-corrected chi connectivity index (χ0v) is 11.5. The Morgan fingerprint density at radius 2 is 2.22 bits per heavy atom. The first-order chi connectivity index (χ1) is 8.79. The second-order valence-electron chi connectivity index (χ2n) is 5.55. The van der Waals surface area contributed by atoms with Gasteiger partial charge < -0.3 is 15.0 Å². The average Bonchev–Trinajstić information content (AvgIpc) is 3.20. The molecule has 1 aliphatic carbocycles. The van der Waals surface area contributed by atoms with E-state index in [0.29, 0.717) is 6.54 Å². The van der Waals surface area contributed by atoms with E-state index in [1.807, 2.05) is 4.90 Å². The van der Waals surface area contributed by atoms with E-state index in [1.165, 1.54) is 12.8 Å². The molecule has 1 saturated carbocycles. The summed E-state index contributed by atoms with van der Waals surface area (Å²) >= 11 is 0. The summed E-state index contributed by atoms with van der Waals surface area (Å²) in [6.45, 7) is 6.12. The van der Waals surface area contributed by atoms with E-state index in [1.54, 1.807) is 0 Å². The topological polar surface area (TPSA) is 41.6 Å². The molecule has 0 aromatic heterocycles. The third-order valence-electron chi connectivity index (χ3n) is 3.69. The summed E-state index contributed by atoms with van der Waals surface area (Å²) in [5, 5.41) is 3.27. The van der Waals surface area contributed by atoms with Gasteiger partial charge in [-0.05, 0) is 44.6 Å². The highest BCUT2D eigenvalue weighted by Crippen LogP contribution is 2.27. The fraction of sp³-hybridized carbons (Fsp3) is 0.929. The lowest BCUT2D eigenvalue weighted by Crippen LogP contribution is -2.46. The number of likely N-dealkylation sites (tertiary alicyclic amines) is 1. The van der Waals surface area contributed by atoms with Gasteiger partial charge in [-0.1, -0.05) is 6.92 Å². The van der Waals surface area contributed by atoms with Crippen LogP contribution in [0.1, 0.15) is 39.0 Å². The van der Waals surface area contributed by atoms with Gasteiger partial charge in [0, 0.05) is 19.7 Å². The van der Waals surface area contributed by atoms with Crippen molar-refractivity contribution in [1.82, 2.24) is 10.2 Å². The molecule has 0 aromatic rings. The van der Waals surface area contributed by atoms with E-state index in [-0.39, 0.29) is 12.0 Å². The Bertz CT molecular complexity index is 267. The maximum absolute atomic E-state index is 12.0. The van der Waals surface area contributed by atoms with Crippen molar-refractivity contribution in [2.24, 2.45) is 5.92 Å². The van der Waals surface area contributed by atoms with Crippen molar-refractivity contribution in [2.75, 3.05) is 32.8 Å². The van der Waals surface area contributed by atoms with Crippen LogP contribution in [-0.4, -0.2) is 49.7 Å². The minimum absolute atomic E-state index is 0.237. The van der Waals surface area contributed by atoms with Crippen LogP contribution < -0.4 is 5.32 Å². The highest BCUT2D eigenvalue weighted by molar-refractivity contribution is 5.78. The summed E-state index contributed by atoms with van der Waals surface area (Å²) in [6, 6.07) is 0. The number of rotatable bonds is 7. The normalized spacial score (nSPS) is 24.3. The fourth-order valence-corrected chi connectivity index (χ4v) is 2.40. The SMILES string of the molecule is CCCOC1CCCN(C(=O)CNCC2CC2)C1. The molecule has 1 N–H and O–H groups in total. The van der Waals surface area contributed by atoms with Crippen molar-refractivity contribution in [3.05, 3.63) is 0 Å². The van der Waals surface area contributed by atoms with Crippen molar-refractivity contribution < 1.29 is 9.53 Å². The molecule has 1 amide bonds. The van der Waals surface area contributed by atoms with Crippen LogP contribution in [0, 0.1) is 5.92 Å². The largest absolute Gasteiger partial charge is 0.376 e. The summed E-state index contributed by atoms with van der Waals surface area (Å²) in [4.78, 5) is 14.0. The van der Waals surface area contributed by atoms with E-state index < -0.39 is 0 Å². The summed E-state index contributed by atoms with van der Waals surface area (Å²) in [7, 11) is 0. The Kier molecular flexibility index (Phi) is 5.45. The molecule has 0 spiro atoms. The summed E-state index contributed by atoms with van der Waals surface area (Å²) in [5.74, 6) is 1.07. The molecular weight excluding hydrogens is 228 g/mol. The van der Waals surface area contributed by atoms with Crippen molar-refractivity contribution in [1.29, 1.82) is 0 Å². The summed E-state index contributed by atoms with van der Waals surface area (Å²) in [5.41, 5.74) is 0. The van der Waals surface area contributed by atoms with Gasteiger partial charge in [0.15, 0.2) is 0 Å². The number of carbonyl (C=O) groups is 1. The van der Waals surface area contributed by atoms with Crippen molar-refractivity contribution >= 4 is 5.91 Å². The molecule has 1 heterocycles. The van der Waals surface area contributed by atoms with Crippen LogP contribution in [0.2, 0.25) is 0 Å². The van der Waals surface area contributed by atoms with Crippen LogP contribution >= 0.6 is 0 Å². The van der Waals surface area contributed by atoms with E-state index in [9.17, 15) is 4.79 Å². The number of amides is 1. The lowest BCUT2D eigenvalue weighted by Gasteiger charge is -2.32. The molecule has 1 atom stereocenters. The lowest BCUT2D eigenvalue weighted by molar-refractivity contribution is -0.134. The zero-order chi connectivity index (χ0) is 12.8. The smallest absolute Gasteiger partial charge is 0.236 e. The first-order valence-electron chi connectivity index (χ1n) is 7.39. The van der Waals surface area contributed by atoms with Crippen LogP contribution in [0.4, 0.5) is 0 Å². The van der Waals surface area contributed by atoms with Gasteiger partial charge in [-0.25, -0.2) is 0 Å². The highest BCUT2D eigenvalue weighted by Gasteiger charge is 2.25. The number of nitrogens with zero attached hydrogens (tertiary/aromatic N) is 1. The molecule has 1 aliphatic heterocycles. The van der Waals surface area contributed by atoms with Gasteiger partial charge in [0.2, 0.25) is 5.91 Å². The number of hydrogen-bond acceptors (Lipinski definition) is 3. The number of ether oxygens (including phenoxy) is 1. The average molecular weight is 254 g/mol. The van der Waals surface area contributed by atoms with E-state index >= 15 is 0 Å². The Balaban J connectivity index is 1.64. The minimum Gasteiger partial charge on any atom is -0.376 e. The van der Waals surface area contributed by atoms with Gasteiger partial charge in [0.25, 0.3) is 0 Å². The number of piperidine rings is 1. The molecule has 4 heteroatoms. The van der Waals surface area contributed by atoms with Gasteiger partial charge in [0.05, 0.1) is 12.6 Å². The first-order valence-corrected chi connectivity index (χ1v) is 7.39. The van der Waals surface area contributed by atoms with E-state index in [2.05, 4.69) is 12.2 Å². The second kappa shape index (κ2) is 7.10. The van der Waals surface area contributed by atoms with Crippen LogP contribution in [0.3, 0.4) is 0 Å². The molecule has 2 aliphatic rings. The fourth-order valence-electron chi connectivity index (χ4n) is 2.40. The molecule has 0 radical (unpaired) electrons. The van der Waals surface area contributed by atoms with Gasteiger partial charge in [0.1, 0.15) is 0 Å².